The van der Waals surface area contributed by atoms with Gasteiger partial charge in [-0.05, 0) is 37.1 Å². The fraction of sp³-hybridized carbons (Fsp3) is 0.400. The first-order chi connectivity index (χ1) is 8.81. The summed E-state index contributed by atoms with van der Waals surface area (Å²) in [6.45, 7) is 3.95. The van der Waals surface area contributed by atoms with Gasteiger partial charge in [-0.25, -0.2) is 0 Å². The van der Waals surface area contributed by atoms with Crippen molar-refractivity contribution >= 4 is 22.5 Å². The number of halogens is 1. The van der Waals surface area contributed by atoms with Crippen molar-refractivity contribution in [2.45, 2.75) is 31.7 Å². The summed E-state index contributed by atoms with van der Waals surface area (Å²) in [5.74, 6) is 0. The van der Waals surface area contributed by atoms with Gasteiger partial charge in [0.1, 0.15) is 0 Å². The van der Waals surface area contributed by atoms with Gasteiger partial charge < -0.3 is 5.32 Å². The zero-order chi connectivity index (χ0) is 12.8. The molecule has 2 rings (SSSR count). The van der Waals surface area contributed by atoms with Gasteiger partial charge in [0.2, 0.25) is 0 Å². The predicted octanol–water partition coefficient (Wildman–Crippen LogP) is 3.73. The van der Waals surface area contributed by atoms with Gasteiger partial charge >= 0.3 is 0 Å². The van der Waals surface area contributed by atoms with Gasteiger partial charge in [0, 0.05) is 23.5 Å². The largest absolute Gasteiger partial charge is 0.313 e. The molecule has 1 unspecified atom stereocenters. The van der Waals surface area contributed by atoms with Crippen molar-refractivity contribution in [3.8, 4) is 0 Å². The Labute approximate surface area is 113 Å². The average molecular weight is 263 g/mol. The molecule has 1 heterocycles. The van der Waals surface area contributed by atoms with Crippen LogP contribution in [0.2, 0.25) is 0 Å². The van der Waals surface area contributed by atoms with Crippen LogP contribution in [0.4, 0.5) is 0 Å². The molecule has 0 bridgehead atoms. The van der Waals surface area contributed by atoms with E-state index in [4.69, 9.17) is 11.6 Å². The van der Waals surface area contributed by atoms with Crippen LogP contribution < -0.4 is 5.32 Å². The number of nitrogens with zero attached hydrogens (tertiary/aromatic N) is 1. The van der Waals surface area contributed by atoms with Crippen LogP contribution in [0.25, 0.3) is 10.9 Å². The fourth-order valence-electron chi connectivity index (χ4n) is 2.00. The second kappa shape index (κ2) is 6.72. The van der Waals surface area contributed by atoms with Gasteiger partial charge in [0.25, 0.3) is 0 Å². The minimum atomic E-state index is 0.284. The molecular weight excluding hydrogens is 244 g/mol. The van der Waals surface area contributed by atoms with Crippen LogP contribution in [-0.2, 0) is 6.54 Å². The second-order valence-corrected chi connectivity index (χ2v) is 5.08. The molecule has 0 saturated carbocycles. The van der Waals surface area contributed by atoms with Crippen LogP contribution in [0.1, 0.15) is 25.3 Å². The highest BCUT2D eigenvalue weighted by Crippen LogP contribution is 2.15. The average Bonchev–Trinajstić information content (AvgIpc) is 2.43. The van der Waals surface area contributed by atoms with E-state index in [-0.39, 0.29) is 5.38 Å². The van der Waals surface area contributed by atoms with Crippen molar-refractivity contribution < 1.29 is 0 Å². The Morgan fingerprint density at radius 3 is 2.94 bits per heavy atom. The Morgan fingerprint density at radius 1 is 1.28 bits per heavy atom. The second-order valence-electron chi connectivity index (χ2n) is 4.46. The minimum Gasteiger partial charge on any atom is -0.313 e. The van der Waals surface area contributed by atoms with Gasteiger partial charge in [-0.3, -0.25) is 4.98 Å². The molecule has 2 aromatic rings. The molecule has 0 amide bonds. The van der Waals surface area contributed by atoms with Crippen molar-refractivity contribution in [3.63, 3.8) is 0 Å². The summed E-state index contributed by atoms with van der Waals surface area (Å²) < 4.78 is 0. The van der Waals surface area contributed by atoms with E-state index in [0.717, 1.165) is 31.4 Å². The highest BCUT2D eigenvalue weighted by molar-refractivity contribution is 6.20. The summed E-state index contributed by atoms with van der Waals surface area (Å²) in [6.07, 6.45) is 3.91. The molecule has 0 saturated heterocycles. The molecule has 1 N–H and O–H groups in total. The monoisotopic (exact) mass is 262 g/mol. The lowest BCUT2D eigenvalue weighted by atomic mass is 10.1. The Bertz CT molecular complexity index is 493. The van der Waals surface area contributed by atoms with E-state index in [1.54, 1.807) is 0 Å². The molecule has 3 heteroatoms. The Kier molecular flexibility index (Phi) is 4.97. The van der Waals surface area contributed by atoms with E-state index in [1.165, 1.54) is 10.9 Å². The quantitative estimate of drug-likeness (QED) is 0.634. The standard InChI is InChI=1S/C15H19ClN2/c1-2-13(16)8-9-17-11-12-7-10-18-15-6-4-3-5-14(12)15/h3-7,10,13,17H,2,8-9,11H2,1H3. The third-order valence-electron chi connectivity index (χ3n) is 3.13. The third-order valence-corrected chi connectivity index (χ3v) is 3.66. The lowest BCUT2D eigenvalue weighted by molar-refractivity contribution is 0.623. The molecule has 2 nitrogen and oxygen atoms in total. The van der Waals surface area contributed by atoms with E-state index in [1.807, 2.05) is 18.3 Å². The van der Waals surface area contributed by atoms with Crippen molar-refractivity contribution in [1.82, 2.24) is 10.3 Å². The van der Waals surface area contributed by atoms with E-state index < -0.39 is 0 Å². The summed E-state index contributed by atoms with van der Waals surface area (Å²) in [7, 11) is 0. The zero-order valence-electron chi connectivity index (χ0n) is 10.7. The van der Waals surface area contributed by atoms with Gasteiger partial charge in [-0.1, -0.05) is 25.1 Å². The molecule has 0 radical (unpaired) electrons. The first-order valence-electron chi connectivity index (χ1n) is 6.48. The Hall–Kier alpha value is -1.12. The first kappa shape index (κ1) is 13.3. The number of hydrogen-bond acceptors (Lipinski definition) is 2. The van der Waals surface area contributed by atoms with Crippen LogP contribution in [0.3, 0.4) is 0 Å². The van der Waals surface area contributed by atoms with Gasteiger partial charge in [0.15, 0.2) is 0 Å². The Balaban J connectivity index is 1.95. The summed E-state index contributed by atoms with van der Waals surface area (Å²) in [4.78, 5) is 4.36. The topological polar surface area (TPSA) is 24.9 Å². The van der Waals surface area contributed by atoms with E-state index in [2.05, 4.69) is 35.4 Å². The highest BCUT2D eigenvalue weighted by atomic mass is 35.5. The number of fused-ring (bicyclic) bond motifs is 1. The van der Waals surface area contributed by atoms with Gasteiger partial charge in [-0.15, -0.1) is 11.6 Å². The van der Waals surface area contributed by atoms with Crippen LogP contribution in [0.5, 0.6) is 0 Å². The molecular formula is C15H19ClN2. The van der Waals surface area contributed by atoms with E-state index >= 15 is 0 Å². The first-order valence-corrected chi connectivity index (χ1v) is 6.92. The number of rotatable bonds is 6. The lowest BCUT2D eigenvalue weighted by Crippen LogP contribution is -2.18. The van der Waals surface area contributed by atoms with Crippen LogP contribution in [0, 0.1) is 0 Å². The molecule has 1 atom stereocenters. The number of nitrogens with one attached hydrogen (secondary N) is 1. The van der Waals surface area contributed by atoms with Crippen molar-refractivity contribution in [3.05, 3.63) is 42.1 Å². The van der Waals surface area contributed by atoms with Gasteiger partial charge in [0.05, 0.1) is 5.52 Å². The normalized spacial score (nSPS) is 12.8. The van der Waals surface area contributed by atoms with E-state index in [9.17, 15) is 0 Å². The molecule has 96 valence electrons. The number of alkyl halides is 1. The Morgan fingerprint density at radius 2 is 2.11 bits per heavy atom. The highest BCUT2D eigenvalue weighted by Gasteiger charge is 2.02. The van der Waals surface area contributed by atoms with Gasteiger partial charge in [-0.2, -0.15) is 0 Å². The maximum absolute atomic E-state index is 6.09. The molecule has 18 heavy (non-hydrogen) atoms. The molecule has 0 fully saturated rings. The van der Waals surface area contributed by atoms with Crippen LogP contribution >= 0.6 is 11.6 Å². The molecule has 0 aliphatic rings. The van der Waals surface area contributed by atoms with Crippen LogP contribution in [-0.4, -0.2) is 16.9 Å². The minimum absolute atomic E-state index is 0.284. The summed E-state index contributed by atoms with van der Waals surface area (Å²) in [5.41, 5.74) is 2.35. The number of pyridine rings is 1. The maximum atomic E-state index is 6.09. The number of para-hydroxylation sites is 1. The number of benzene rings is 1. The number of hydrogen-bond donors (Lipinski definition) is 1. The molecule has 0 spiro atoms. The van der Waals surface area contributed by atoms with Crippen molar-refractivity contribution in [1.29, 1.82) is 0 Å². The van der Waals surface area contributed by atoms with E-state index in [0.29, 0.717) is 0 Å². The van der Waals surface area contributed by atoms with Crippen molar-refractivity contribution in [2.75, 3.05) is 6.54 Å². The number of aromatic nitrogens is 1. The smallest absolute Gasteiger partial charge is 0.0705 e. The van der Waals surface area contributed by atoms with Crippen LogP contribution in [0.15, 0.2) is 36.5 Å². The molecule has 1 aromatic carbocycles. The summed E-state index contributed by atoms with van der Waals surface area (Å²) >= 11 is 6.09. The molecule has 0 aliphatic carbocycles. The SMILES string of the molecule is CCC(Cl)CCNCc1ccnc2ccccc12. The predicted molar refractivity (Wildman–Crippen MR) is 78.0 cm³/mol. The third kappa shape index (κ3) is 3.44. The summed E-state index contributed by atoms with van der Waals surface area (Å²) in [6, 6.07) is 10.3. The summed E-state index contributed by atoms with van der Waals surface area (Å²) in [5, 5.41) is 4.96. The maximum Gasteiger partial charge on any atom is 0.0705 e. The lowest BCUT2D eigenvalue weighted by Gasteiger charge is -2.09. The molecule has 0 aliphatic heterocycles. The zero-order valence-corrected chi connectivity index (χ0v) is 11.5. The van der Waals surface area contributed by atoms with Crippen molar-refractivity contribution in [2.24, 2.45) is 0 Å². The molecule has 1 aromatic heterocycles. The fourth-order valence-corrected chi connectivity index (χ4v) is 2.10.